The molecule has 0 bridgehead atoms. The lowest BCUT2D eigenvalue weighted by molar-refractivity contribution is -0.120. The predicted molar refractivity (Wildman–Crippen MR) is 78.9 cm³/mol. The van der Waals surface area contributed by atoms with Gasteiger partial charge in [-0.3, -0.25) is 4.79 Å². The Labute approximate surface area is 131 Å². The van der Waals surface area contributed by atoms with Crippen LogP contribution in [0.5, 0.6) is 5.75 Å². The van der Waals surface area contributed by atoms with Crippen LogP contribution in [0.2, 0.25) is 5.02 Å². The van der Waals surface area contributed by atoms with E-state index in [2.05, 4.69) is 4.98 Å². The molecule has 0 radical (unpaired) electrons. The number of hydroxylamine groups is 1. The minimum absolute atomic E-state index is 0.138. The zero-order chi connectivity index (χ0) is 16.1. The van der Waals surface area contributed by atoms with Crippen LogP contribution >= 0.6 is 11.6 Å². The van der Waals surface area contributed by atoms with Gasteiger partial charge >= 0.3 is 0 Å². The standard InChI is InChI=1S/C15H9ClN4O2/c1-10(21)20(15-5-3-13(16)9-19-15)22-14-4-2-11(7-17)6-12(14)8-18/h2-6,9H,1H3. The monoisotopic (exact) mass is 312 g/mol. The van der Waals surface area contributed by atoms with Crippen molar-refractivity contribution in [3.8, 4) is 17.9 Å². The molecule has 2 aromatic rings. The van der Waals surface area contributed by atoms with Gasteiger partial charge in [0.25, 0.3) is 5.91 Å². The third kappa shape index (κ3) is 3.32. The molecule has 1 heterocycles. The van der Waals surface area contributed by atoms with Crippen molar-refractivity contribution in [2.75, 3.05) is 5.06 Å². The first kappa shape index (κ1) is 15.3. The summed E-state index contributed by atoms with van der Waals surface area (Å²) in [6.07, 6.45) is 1.38. The number of anilines is 1. The highest BCUT2D eigenvalue weighted by molar-refractivity contribution is 6.30. The molecule has 0 aliphatic carbocycles. The van der Waals surface area contributed by atoms with E-state index in [1.54, 1.807) is 6.07 Å². The molecule has 0 fully saturated rings. The number of nitriles is 2. The minimum Gasteiger partial charge on any atom is -0.369 e. The molecule has 0 atom stereocenters. The molecule has 6 nitrogen and oxygen atoms in total. The smallest absolute Gasteiger partial charge is 0.258 e. The summed E-state index contributed by atoms with van der Waals surface area (Å²) in [7, 11) is 0. The Kier molecular flexibility index (Phi) is 4.57. The van der Waals surface area contributed by atoms with Crippen LogP contribution in [0.25, 0.3) is 0 Å². The number of halogens is 1. The zero-order valence-electron chi connectivity index (χ0n) is 11.4. The van der Waals surface area contributed by atoms with Crippen LogP contribution < -0.4 is 9.90 Å². The van der Waals surface area contributed by atoms with E-state index in [1.807, 2.05) is 12.1 Å². The van der Waals surface area contributed by atoms with E-state index in [4.69, 9.17) is 27.0 Å². The lowest BCUT2D eigenvalue weighted by atomic mass is 10.1. The van der Waals surface area contributed by atoms with Gasteiger partial charge in [-0.05, 0) is 30.3 Å². The Balaban J connectivity index is 2.37. The lowest BCUT2D eigenvalue weighted by Gasteiger charge is -2.20. The van der Waals surface area contributed by atoms with Gasteiger partial charge in [0.15, 0.2) is 11.6 Å². The van der Waals surface area contributed by atoms with E-state index in [-0.39, 0.29) is 17.1 Å². The topological polar surface area (TPSA) is 90.0 Å². The molecular weight excluding hydrogens is 304 g/mol. The van der Waals surface area contributed by atoms with Gasteiger partial charge in [0.05, 0.1) is 22.2 Å². The number of carbonyl (C=O) groups excluding carboxylic acids is 1. The maximum atomic E-state index is 11.7. The molecule has 108 valence electrons. The number of pyridine rings is 1. The van der Waals surface area contributed by atoms with Gasteiger partial charge in [-0.2, -0.15) is 10.5 Å². The lowest BCUT2D eigenvalue weighted by Crippen LogP contribution is -2.33. The van der Waals surface area contributed by atoms with Crippen molar-refractivity contribution in [1.29, 1.82) is 10.5 Å². The Morgan fingerprint density at radius 3 is 2.59 bits per heavy atom. The number of benzene rings is 1. The Hall–Kier alpha value is -3.09. The van der Waals surface area contributed by atoms with Crippen LogP contribution in [0.3, 0.4) is 0 Å². The van der Waals surface area contributed by atoms with E-state index in [0.717, 1.165) is 5.06 Å². The fourth-order valence-electron chi connectivity index (χ4n) is 1.63. The summed E-state index contributed by atoms with van der Waals surface area (Å²) < 4.78 is 0. The van der Waals surface area contributed by atoms with Crippen molar-refractivity contribution < 1.29 is 9.63 Å². The molecule has 7 heteroatoms. The molecule has 0 saturated heterocycles. The number of carbonyl (C=O) groups is 1. The average Bonchev–Trinajstić information content (AvgIpc) is 2.53. The first-order chi connectivity index (χ1) is 10.5. The summed E-state index contributed by atoms with van der Waals surface area (Å²) in [6, 6.07) is 11.2. The molecule has 1 aromatic heterocycles. The minimum atomic E-state index is -0.428. The highest BCUT2D eigenvalue weighted by Crippen LogP contribution is 2.23. The second-order valence-electron chi connectivity index (χ2n) is 4.17. The zero-order valence-corrected chi connectivity index (χ0v) is 12.2. The Bertz CT molecular complexity index is 791. The van der Waals surface area contributed by atoms with Gasteiger partial charge in [-0.15, -0.1) is 5.06 Å². The van der Waals surface area contributed by atoms with Gasteiger partial charge in [0, 0.05) is 13.1 Å². The number of rotatable bonds is 3. The van der Waals surface area contributed by atoms with E-state index in [9.17, 15) is 4.79 Å². The maximum absolute atomic E-state index is 11.7. The summed E-state index contributed by atoms with van der Waals surface area (Å²) in [5, 5.41) is 19.3. The highest BCUT2D eigenvalue weighted by Gasteiger charge is 2.17. The number of hydrogen-bond acceptors (Lipinski definition) is 5. The van der Waals surface area contributed by atoms with E-state index in [0.29, 0.717) is 10.6 Å². The van der Waals surface area contributed by atoms with Crippen molar-refractivity contribution in [2.24, 2.45) is 0 Å². The van der Waals surface area contributed by atoms with Gasteiger partial charge < -0.3 is 4.84 Å². The van der Waals surface area contributed by atoms with E-state index >= 15 is 0 Å². The summed E-state index contributed by atoms with van der Waals surface area (Å²) in [4.78, 5) is 21.2. The van der Waals surface area contributed by atoms with Crippen LogP contribution in [0.1, 0.15) is 18.1 Å². The van der Waals surface area contributed by atoms with Crippen molar-refractivity contribution in [1.82, 2.24) is 4.98 Å². The van der Waals surface area contributed by atoms with Gasteiger partial charge in [-0.1, -0.05) is 11.6 Å². The molecule has 0 saturated carbocycles. The molecule has 0 N–H and O–H groups in total. The Morgan fingerprint density at radius 2 is 2.05 bits per heavy atom. The largest absolute Gasteiger partial charge is 0.369 e. The molecule has 0 aliphatic heterocycles. The van der Waals surface area contributed by atoms with Gasteiger partial charge in [0.1, 0.15) is 6.07 Å². The summed E-state index contributed by atoms with van der Waals surface area (Å²) >= 11 is 5.76. The predicted octanol–water partition coefficient (Wildman–Crippen LogP) is 2.83. The second kappa shape index (κ2) is 6.57. The van der Waals surface area contributed by atoms with Crippen LogP contribution in [0.4, 0.5) is 5.82 Å². The van der Waals surface area contributed by atoms with E-state index < -0.39 is 5.91 Å². The fraction of sp³-hybridized carbons (Fsp3) is 0.0667. The molecule has 0 spiro atoms. The molecular formula is C15H9ClN4O2. The summed E-state index contributed by atoms with van der Waals surface area (Å²) in [6.45, 7) is 1.30. The van der Waals surface area contributed by atoms with Crippen LogP contribution in [0.15, 0.2) is 36.5 Å². The normalized spacial score (nSPS) is 9.45. The second-order valence-corrected chi connectivity index (χ2v) is 4.61. The van der Waals surface area contributed by atoms with Crippen LogP contribution in [-0.4, -0.2) is 10.9 Å². The van der Waals surface area contributed by atoms with Gasteiger partial charge in [0.2, 0.25) is 0 Å². The van der Waals surface area contributed by atoms with Crippen LogP contribution in [0, 0.1) is 22.7 Å². The molecule has 1 aromatic carbocycles. The average molecular weight is 313 g/mol. The summed E-state index contributed by atoms with van der Waals surface area (Å²) in [5.41, 5.74) is 0.460. The maximum Gasteiger partial charge on any atom is 0.258 e. The number of nitrogens with zero attached hydrogens (tertiary/aromatic N) is 4. The fourth-order valence-corrected chi connectivity index (χ4v) is 1.74. The SMILES string of the molecule is CC(=O)N(Oc1ccc(C#N)cc1C#N)c1ccc(Cl)cn1. The molecule has 0 aliphatic rings. The first-order valence-electron chi connectivity index (χ1n) is 6.09. The number of hydrogen-bond donors (Lipinski definition) is 0. The van der Waals surface area contributed by atoms with Crippen molar-refractivity contribution in [3.05, 3.63) is 52.7 Å². The third-order valence-corrected chi connectivity index (χ3v) is 2.85. The molecule has 22 heavy (non-hydrogen) atoms. The molecule has 1 amide bonds. The third-order valence-electron chi connectivity index (χ3n) is 2.62. The first-order valence-corrected chi connectivity index (χ1v) is 6.47. The van der Waals surface area contributed by atoms with Crippen molar-refractivity contribution >= 4 is 23.3 Å². The number of amides is 1. The Morgan fingerprint density at radius 1 is 1.27 bits per heavy atom. The van der Waals surface area contributed by atoms with Crippen molar-refractivity contribution in [2.45, 2.75) is 6.92 Å². The van der Waals surface area contributed by atoms with Crippen molar-refractivity contribution in [3.63, 3.8) is 0 Å². The number of aromatic nitrogens is 1. The van der Waals surface area contributed by atoms with Crippen LogP contribution in [-0.2, 0) is 4.79 Å². The highest BCUT2D eigenvalue weighted by atomic mass is 35.5. The van der Waals surface area contributed by atoms with Gasteiger partial charge in [-0.25, -0.2) is 4.98 Å². The quantitative estimate of drug-likeness (QED) is 0.813. The molecule has 0 unspecified atom stereocenters. The summed E-state index contributed by atoms with van der Waals surface area (Å²) in [5.74, 6) is -0.0540. The molecule has 2 rings (SSSR count). The van der Waals surface area contributed by atoms with E-state index in [1.165, 1.54) is 37.4 Å².